The van der Waals surface area contributed by atoms with Crippen molar-refractivity contribution in [2.75, 3.05) is 28.2 Å². The Balaban J connectivity index is 1.98. The van der Waals surface area contributed by atoms with E-state index >= 15 is 0 Å². The second kappa shape index (κ2) is 9.34. The Morgan fingerprint density at radius 1 is 1.07 bits per heavy atom. The van der Waals surface area contributed by atoms with Crippen molar-refractivity contribution in [1.29, 1.82) is 0 Å². The summed E-state index contributed by atoms with van der Waals surface area (Å²) >= 11 is 1.27. The molecule has 1 N–H and O–H groups in total. The van der Waals surface area contributed by atoms with Gasteiger partial charge in [0.15, 0.2) is 5.96 Å². The SMILES string of the molecule is CCc1ccc(CN(C)C(=NC)NCc2ccc(S(=O)(=O)N(C)C)s2)cc1. The van der Waals surface area contributed by atoms with E-state index in [0.717, 1.165) is 23.8 Å². The monoisotopic (exact) mass is 408 g/mol. The molecule has 0 unspecified atom stereocenters. The zero-order valence-electron chi connectivity index (χ0n) is 16.6. The average Bonchev–Trinajstić information content (AvgIpc) is 3.12. The molecule has 0 fully saturated rings. The third-order valence-corrected chi connectivity index (χ3v) is 7.58. The molecule has 2 aromatic rings. The van der Waals surface area contributed by atoms with Gasteiger partial charge in [0, 0.05) is 39.6 Å². The highest BCUT2D eigenvalue weighted by molar-refractivity contribution is 7.91. The fraction of sp³-hybridized carbons (Fsp3) is 0.421. The van der Waals surface area contributed by atoms with Crippen LogP contribution in [0.4, 0.5) is 0 Å². The van der Waals surface area contributed by atoms with Gasteiger partial charge >= 0.3 is 0 Å². The van der Waals surface area contributed by atoms with E-state index in [1.165, 1.54) is 40.9 Å². The molecule has 6 nitrogen and oxygen atoms in total. The largest absolute Gasteiger partial charge is 0.351 e. The number of hydrogen-bond donors (Lipinski definition) is 1. The second-order valence-electron chi connectivity index (χ2n) is 6.44. The summed E-state index contributed by atoms with van der Waals surface area (Å²) in [7, 11) is 3.43. The molecule has 0 amide bonds. The minimum atomic E-state index is -3.38. The van der Waals surface area contributed by atoms with Gasteiger partial charge in [-0.15, -0.1) is 11.3 Å². The van der Waals surface area contributed by atoms with Gasteiger partial charge < -0.3 is 10.2 Å². The third-order valence-electron chi connectivity index (χ3n) is 4.22. The van der Waals surface area contributed by atoms with E-state index in [1.807, 2.05) is 18.0 Å². The first-order chi connectivity index (χ1) is 12.8. The Labute approximate surface area is 166 Å². The van der Waals surface area contributed by atoms with E-state index in [9.17, 15) is 8.42 Å². The van der Waals surface area contributed by atoms with Crippen LogP contribution in [0.25, 0.3) is 0 Å². The van der Waals surface area contributed by atoms with Crippen LogP contribution in [0.5, 0.6) is 0 Å². The molecule has 148 valence electrons. The first kappa shape index (κ1) is 21.4. The molecule has 0 saturated carbocycles. The van der Waals surface area contributed by atoms with Crippen LogP contribution >= 0.6 is 11.3 Å². The van der Waals surface area contributed by atoms with Crippen LogP contribution in [0, 0.1) is 0 Å². The van der Waals surface area contributed by atoms with E-state index in [2.05, 4.69) is 41.5 Å². The molecule has 27 heavy (non-hydrogen) atoms. The first-order valence-electron chi connectivity index (χ1n) is 8.78. The summed E-state index contributed by atoms with van der Waals surface area (Å²) in [5, 5.41) is 3.30. The van der Waals surface area contributed by atoms with E-state index in [4.69, 9.17) is 0 Å². The van der Waals surface area contributed by atoms with Gasteiger partial charge in [-0.1, -0.05) is 31.2 Å². The lowest BCUT2D eigenvalue weighted by Gasteiger charge is -2.22. The van der Waals surface area contributed by atoms with Crippen LogP contribution in [0.3, 0.4) is 0 Å². The molecule has 1 aromatic heterocycles. The van der Waals surface area contributed by atoms with Crippen LogP contribution in [-0.4, -0.2) is 51.8 Å². The minimum Gasteiger partial charge on any atom is -0.351 e. The van der Waals surface area contributed by atoms with Gasteiger partial charge in [0.25, 0.3) is 10.0 Å². The van der Waals surface area contributed by atoms with Crippen molar-refractivity contribution in [3.63, 3.8) is 0 Å². The Bertz CT molecular complexity index is 871. The van der Waals surface area contributed by atoms with Crippen LogP contribution in [0.2, 0.25) is 0 Å². The van der Waals surface area contributed by atoms with Crippen molar-refractivity contribution in [2.45, 2.75) is 30.6 Å². The maximum absolute atomic E-state index is 12.2. The Kier molecular flexibility index (Phi) is 7.41. The smallest absolute Gasteiger partial charge is 0.252 e. The number of hydrogen-bond acceptors (Lipinski definition) is 4. The number of nitrogens with zero attached hydrogens (tertiary/aromatic N) is 3. The maximum Gasteiger partial charge on any atom is 0.252 e. The quantitative estimate of drug-likeness (QED) is 0.565. The molecule has 0 radical (unpaired) electrons. The fourth-order valence-corrected chi connectivity index (χ4v) is 5.02. The molecular weight excluding hydrogens is 380 g/mol. The maximum atomic E-state index is 12.2. The number of guanidine groups is 1. The lowest BCUT2D eigenvalue weighted by atomic mass is 10.1. The molecule has 1 heterocycles. The van der Waals surface area contributed by atoms with Crippen LogP contribution < -0.4 is 5.32 Å². The highest BCUT2D eigenvalue weighted by atomic mass is 32.2. The van der Waals surface area contributed by atoms with Gasteiger partial charge in [-0.2, -0.15) is 0 Å². The predicted octanol–water partition coefficient (Wildman–Crippen LogP) is 2.77. The van der Waals surface area contributed by atoms with Gasteiger partial charge in [0.05, 0.1) is 6.54 Å². The molecule has 0 aliphatic heterocycles. The Hall–Kier alpha value is -1.90. The van der Waals surface area contributed by atoms with E-state index in [-0.39, 0.29) is 0 Å². The number of nitrogens with one attached hydrogen (secondary N) is 1. The second-order valence-corrected chi connectivity index (χ2v) is 9.98. The average molecular weight is 409 g/mol. The third kappa shape index (κ3) is 5.54. The molecule has 2 rings (SSSR count). The normalized spacial score (nSPS) is 12.4. The first-order valence-corrected chi connectivity index (χ1v) is 11.0. The predicted molar refractivity (Wildman–Crippen MR) is 113 cm³/mol. The summed E-state index contributed by atoms with van der Waals surface area (Å²) in [5.41, 5.74) is 2.54. The highest BCUT2D eigenvalue weighted by Crippen LogP contribution is 2.23. The molecular formula is C19H28N4O2S2. The fourth-order valence-electron chi connectivity index (χ4n) is 2.55. The molecule has 0 spiro atoms. The van der Waals surface area contributed by atoms with E-state index in [0.29, 0.717) is 10.8 Å². The summed E-state index contributed by atoms with van der Waals surface area (Å²) in [6, 6.07) is 12.1. The molecule has 0 bridgehead atoms. The number of sulfonamides is 1. The van der Waals surface area contributed by atoms with Crippen LogP contribution in [0.1, 0.15) is 22.9 Å². The number of aliphatic imine (C=N–C) groups is 1. The Morgan fingerprint density at radius 2 is 1.70 bits per heavy atom. The van der Waals surface area contributed by atoms with Gasteiger partial charge in [-0.05, 0) is 29.7 Å². The van der Waals surface area contributed by atoms with Crippen molar-refractivity contribution >= 4 is 27.3 Å². The molecule has 1 aromatic carbocycles. The molecule has 8 heteroatoms. The van der Waals surface area contributed by atoms with Crippen molar-refractivity contribution < 1.29 is 8.42 Å². The molecule has 0 saturated heterocycles. The van der Waals surface area contributed by atoms with Crippen molar-refractivity contribution in [3.05, 3.63) is 52.4 Å². The summed E-state index contributed by atoms with van der Waals surface area (Å²) in [5.74, 6) is 0.764. The standard InChI is InChI=1S/C19H28N4O2S2/c1-6-15-7-9-16(10-8-15)14-23(5)19(20-2)21-13-17-11-12-18(26-17)27(24,25)22(3)4/h7-12H,6,13-14H2,1-5H3,(H,20,21). The highest BCUT2D eigenvalue weighted by Gasteiger charge is 2.19. The summed E-state index contributed by atoms with van der Waals surface area (Å²) < 4.78 is 25.9. The number of benzene rings is 1. The van der Waals surface area contributed by atoms with Crippen LogP contribution in [-0.2, 0) is 29.5 Å². The van der Waals surface area contributed by atoms with Crippen molar-refractivity contribution in [2.24, 2.45) is 4.99 Å². The zero-order valence-corrected chi connectivity index (χ0v) is 18.2. The Morgan fingerprint density at radius 3 is 2.26 bits per heavy atom. The lowest BCUT2D eigenvalue weighted by molar-refractivity contribution is 0.477. The van der Waals surface area contributed by atoms with Crippen molar-refractivity contribution in [3.8, 4) is 0 Å². The topological polar surface area (TPSA) is 65.0 Å². The summed E-state index contributed by atoms with van der Waals surface area (Å²) in [6.07, 6.45) is 1.03. The van der Waals surface area contributed by atoms with E-state index < -0.39 is 10.0 Å². The lowest BCUT2D eigenvalue weighted by Crippen LogP contribution is -2.37. The summed E-state index contributed by atoms with van der Waals surface area (Å²) in [4.78, 5) is 7.32. The molecule has 0 aliphatic carbocycles. The van der Waals surface area contributed by atoms with Gasteiger partial charge in [-0.3, -0.25) is 4.99 Å². The van der Waals surface area contributed by atoms with E-state index in [1.54, 1.807) is 13.1 Å². The van der Waals surface area contributed by atoms with Crippen molar-refractivity contribution in [1.82, 2.24) is 14.5 Å². The molecule has 0 aliphatic rings. The van der Waals surface area contributed by atoms with Gasteiger partial charge in [0.2, 0.25) is 0 Å². The number of aryl methyl sites for hydroxylation is 1. The van der Waals surface area contributed by atoms with Crippen LogP contribution in [0.15, 0.2) is 45.6 Å². The minimum absolute atomic E-state index is 0.351. The molecule has 0 atom stereocenters. The zero-order chi connectivity index (χ0) is 20.0. The van der Waals surface area contributed by atoms with Gasteiger partial charge in [0.1, 0.15) is 4.21 Å². The number of thiophene rings is 1. The number of rotatable bonds is 7. The van der Waals surface area contributed by atoms with Gasteiger partial charge in [-0.25, -0.2) is 12.7 Å². The summed E-state index contributed by atoms with van der Waals surface area (Å²) in [6.45, 7) is 3.42.